The molecule has 2 aromatic rings. The highest BCUT2D eigenvalue weighted by Gasteiger charge is 2.54. The van der Waals surface area contributed by atoms with Crippen molar-refractivity contribution in [3.05, 3.63) is 52.3 Å². The third-order valence-electron chi connectivity index (χ3n) is 6.63. The fraction of sp³-hybridized carbons (Fsp3) is 0.280. The number of nitrogens with two attached hydrogens (primary N) is 1. The van der Waals surface area contributed by atoms with Gasteiger partial charge in [-0.05, 0) is 24.1 Å². The summed E-state index contributed by atoms with van der Waals surface area (Å²) in [4.78, 5) is 76.8. The number of halogens is 3. The number of aromatic nitrogens is 2. The summed E-state index contributed by atoms with van der Waals surface area (Å²) in [6, 6.07) is 1.92. The maximum atomic E-state index is 13.1. The van der Waals surface area contributed by atoms with E-state index in [4.69, 9.17) is 10.5 Å². The molecule has 0 aliphatic carbocycles. The summed E-state index contributed by atoms with van der Waals surface area (Å²) in [5, 5.41) is 15.4. The molecule has 0 radical (unpaired) electrons. The number of carboxylic acid groups (broad SMARTS) is 1. The summed E-state index contributed by atoms with van der Waals surface area (Å²) in [6.45, 7) is 0.313. The normalized spacial score (nSPS) is 21.1. The highest BCUT2D eigenvalue weighted by atomic mass is 32.2. The third kappa shape index (κ3) is 6.18. The molecule has 4 N–H and O–H groups in total. The minimum absolute atomic E-state index is 0.0378. The quantitative estimate of drug-likeness (QED) is 0.119. The van der Waals surface area contributed by atoms with E-state index in [0.29, 0.717) is 30.1 Å². The number of nitrogen functional groups attached to an aromatic ring is 1. The Bertz CT molecular complexity index is 1690. The number of carboxylic acids is 1. The van der Waals surface area contributed by atoms with Gasteiger partial charge in [-0.25, -0.2) is 19.6 Å². The number of hydrogen-bond donors (Lipinski definition) is 3. The second-order valence-electron chi connectivity index (χ2n) is 9.36. The highest BCUT2D eigenvalue weighted by Crippen LogP contribution is 2.41. The van der Waals surface area contributed by atoms with Crippen molar-refractivity contribution in [1.82, 2.24) is 20.2 Å². The monoisotopic (exact) mass is 667 g/mol. The van der Waals surface area contributed by atoms with Crippen molar-refractivity contribution < 1.29 is 51.8 Å². The van der Waals surface area contributed by atoms with Crippen molar-refractivity contribution in [3.63, 3.8) is 0 Å². The largest absolute Gasteiger partial charge is 0.493 e. The van der Waals surface area contributed by atoms with Crippen LogP contribution in [0.1, 0.15) is 12.1 Å². The lowest BCUT2D eigenvalue weighted by Gasteiger charge is -2.49. The van der Waals surface area contributed by atoms with Gasteiger partial charge in [0.05, 0.1) is 19.0 Å². The molecule has 15 nitrogen and oxygen atoms in total. The Kier molecular flexibility index (Phi) is 8.52. The van der Waals surface area contributed by atoms with Gasteiger partial charge >= 0.3 is 18.1 Å². The number of carbonyl (C=O) groups is 5. The van der Waals surface area contributed by atoms with Gasteiger partial charge in [-0.1, -0.05) is 5.16 Å². The van der Waals surface area contributed by atoms with Crippen LogP contribution in [0.25, 0.3) is 0 Å². The van der Waals surface area contributed by atoms with Gasteiger partial charge in [0.25, 0.3) is 17.7 Å². The Balaban J connectivity index is 1.34. The first-order valence-electron chi connectivity index (χ1n) is 12.6. The summed E-state index contributed by atoms with van der Waals surface area (Å²) in [6.07, 6.45) is -2.21. The molecule has 3 aliphatic heterocycles. The van der Waals surface area contributed by atoms with Crippen LogP contribution in [0.5, 0.6) is 5.88 Å². The number of fused-ring (bicyclic) bond motifs is 1. The van der Waals surface area contributed by atoms with Crippen molar-refractivity contribution in [2.75, 3.05) is 30.0 Å². The zero-order chi connectivity index (χ0) is 32.6. The fourth-order valence-corrected chi connectivity index (χ4v) is 6.41. The van der Waals surface area contributed by atoms with Crippen LogP contribution in [-0.4, -0.2) is 92.3 Å². The van der Waals surface area contributed by atoms with Gasteiger partial charge in [0.15, 0.2) is 10.8 Å². The molecule has 236 valence electrons. The van der Waals surface area contributed by atoms with Gasteiger partial charge in [0.2, 0.25) is 5.88 Å². The topological polar surface area (TPSA) is 207 Å². The average Bonchev–Trinajstić information content (AvgIpc) is 3.59. The summed E-state index contributed by atoms with van der Waals surface area (Å²) < 4.78 is 42.9. The number of ether oxygens (including phenoxy) is 1. The number of thioether (sulfide) groups is 1. The number of amides is 3. The standard InChI is InChI=1S/C25H20F3N7O8S2/c1-42-14-3-2-12(7-30-14)34-5-4-10(19(34)37)6-11-8-44-21-16(20(38)35(21)17(11)22(39)40)32-18(36)15(13-9-45-24(29)31-13)33-43-23(41)25(26,27)28/h2-3,6-7,9,16,21H,4-5,8H2,1H3,(H2,29,31)(H,32,36)(H,39,40)/b10-6+,33-15-/t16-,21-/m1/s1. The number of nitrogens with zero attached hydrogens (tertiary/aromatic N) is 5. The summed E-state index contributed by atoms with van der Waals surface area (Å²) in [5.74, 6) is -6.20. The number of allylic oxidation sites excluding steroid dienone is 1. The summed E-state index contributed by atoms with van der Waals surface area (Å²) in [7, 11) is 1.45. The minimum atomic E-state index is -5.41. The second-order valence-corrected chi connectivity index (χ2v) is 11.4. The van der Waals surface area contributed by atoms with Crippen LogP contribution in [-0.2, 0) is 28.8 Å². The summed E-state index contributed by atoms with van der Waals surface area (Å²) in [5.41, 5.74) is 4.97. The van der Waals surface area contributed by atoms with Gasteiger partial charge in [0.1, 0.15) is 22.8 Å². The van der Waals surface area contributed by atoms with E-state index in [-0.39, 0.29) is 33.8 Å². The number of anilines is 2. The fourth-order valence-electron chi connectivity index (χ4n) is 4.56. The van der Waals surface area contributed by atoms with Crippen molar-refractivity contribution >= 4 is 69.3 Å². The Morgan fingerprint density at radius 2 is 2.02 bits per heavy atom. The van der Waals surface area contributed by atoms with Gasteiger partial charge in [-0.3, -0.25) is 19.3 Å². The van der Waals surface area contributed by atoms with E-state index in [1.165, 1.54) is 29.7 Å². The van der Waals surface area contributed by atoms with Crippen molar-refractivity contribution in [2.45, 2.75) is 24.0 Å². The molecule has 20 heteroatoms. The first kappa shape index (κ1) is 31.4. The van der Waals surface area contributed by atoms with Gasteiger partial charge in [-0.15, -0.1) is 23.1 Å². The molecule has 0 saturated carbocycles. The predicted molar refractivity (Wildman–Crippen MR) is 151 cm³/mol. The molecule has 5 rings (SSSR count). The molecule has 2 fully saturated rings. The van der Waals surface area contributed by atoms with Crippen molar-refractivity contribution in [2.24, 2.45) is 5.16 Å². The predicted octanol–water partition coefficient (Wildman–Crippen LogP) is 1.04. The van der Waals surface area contributed by atoms with Crippen molar-refractivity contribution in [1.29, 1.82) is 0 Å². The molecule has 2 atom stereocenters. The molecule has 45 heavy (non-hydrogen) atoms. The van der Waals surface area contributed by atoms with Crippen LogP contribution in [0.3, 0.4) is 0 Å². The average molecular weight is 668 g/mol. The molecule has 0 aromatic carbocycles. The summed E-state index contributed by atoms with van der Waals surface area (Å²) >= 11 is 1.90. The number of β-lactam (4-membered cyclic amide) rings is 1. The number of methoxy groups -OCH3 is 1. The number of thiazole rings is 1. The molecular formula is C25H20F3N7O8S2. The van der Waals surface area contributed by atoms with Gasteiger partial charge < -0.3 is 30.6 Å². The lowest BCUT2D eigenvalue weighted by molar-refractivity contribution is -0.199. The van der Waals surface area contributed by atoms with E-state index in [0.717, 1.165) is 28.0 Å². The van der Waals surface area contributed by atoms with Crippen LogP contribution in [0.15, 0.2) is 51.8 Å². The van der Waals surface area contributed by atoms with E-state index < -0.39 is 47.1 Å². The Morgan fingerprint density at radius 1 is 1.27 bits per heavy atom. The molecular weight excluding hydrogens is 647 g/mol. The SMILES string of the molecule is COc1ccc(N2CC/C(=C\C3=C(C(=O)O)N4C(=O)[C@@H](NC(=O)/C(=N\OC(=O)C(F)(F)F)c5csc(N)n5)[C@H]4SC3)C2=O)cn1. The van der Waals surface area contributed by atoms with Crippen LogP contribution in [0.4, 0.5) is 24.0 Å². The van der Waals surface area contributed by atoms with Crippen LogP contribution < -0.4 is 20.7 Å². The number of carbonyl (C=O) groups excluding carboxylic acids is 4. The molecule has 0 unspecified atom stereocenters. The number of oxime groups is 1. The molecule has 3 amide bonds. The van der Waals surface area contributed by atoms with E-state index >= 15 is 0 Å². The number of pyridine rings is 1. The Labute approximate surface area is 258 Å². The number of nitrogens with one attached hydrogen (secondary N) is 1. The first-order valence-corrected chi connectivity index (χ1v) is 14.5. The Morgan fingerprint density at radius 3 is 2.62 bits per heavy atom. The Hall–Kier alpha value is -4.98. The molecule has 0 bridgehead atoms. The third-order valence-corrected chi connectivity index (χ3v) is 8.61. The number of hydrogen-bond acceptors (Lipinski definition) is 13. The van der Waals surface area contributed by atoms with Crippen molar-refractivity contribution in [3.8, 4) is 5.88 Å². The molecule has 0 spiro atoms. The smallest absolute Gasteiger partial charge is 0.481 e. The van der Waals surface area contributed by atoms with E-state index in [1.807, 2.05) is 0 Å². The first-order chi connectivity index (χ1) is 21.3. The zero-order valence-corrected chi connectivity index (χ0v) is 24.4. The second kappa shape index (κ2) is 12.2. The minimum Gasteiger partial charge on any atom is -0.481 e. The number of alkyl halides is 3. The molecule has 2 saturated heterocycles. The van der Waals surface area contributed by atoms with E-state index in [2.05, 4.69) is 25.3 Å². The molecule has 5 heterocycles. The molecule has 2 aromatic heterocycles. The number of aliphatic carboxylic acids is 1. The van der Waals surface area contributed by atoms with Gasteiger partial charge in [0, 0.05) is 29.3 Å². The van der Waals surface area contributed by atoms with E-state index in [9.17, 15) is 42.3 Å². The van der Waals surface area contributed by atoms with Gasteiger partial charge in [-0.2, -0.15) is 13.2 Å². The van der Waals surface area contributed by atoms with E-state index in [1.54, 1.807) is 12.1 Å². The van der Waals surface area contributed by atoms with Crippen LogP contribution in [0, 0.1) is 0 Å². The van der Waals surface area contributed by atoms with Crippen LogP contribution >= 0.6 is 23.1 Å². The molecule has 3 aliphatic rings. The van der Waals surface area contributed by atoms with Crippen LogP contribution in [0.2, 0.25) is 0 Å². The lowest BCUT2D eigenvalue weighted by Crippen LogP contribution is -2.71. The maximum Gasteiger partial charge on any atom is 0.493 e. The number of rotatable bonds is 8. The highest BCUT2D eigenvalue weighted by molar-refractivity contribution is 8.00. The maximum absolute atomic E-state index is 13.1. The zero-order valence-electron chi connectivity index (χ0n) is 22.7. The lowest BCUT2D eigenvalue weighted by atomic mass is 10.0.